The number of imidazole rings is 1. The Kier molecular flexibility index (Phi) is 3.96. The van der Waals surface area contributed by atoms with Crippen LogP contribution < -0.4 is 0 Å². The molecule has 1 atom stereocenters. The molecule has 2 aromatic rings. The molecule has 1 amide bonds. The van der Waals surface area contributed by atoms with Gasteiger partial charge in [-0.3, -0.25) is 9.78 Å². The number of carbonyl (C=O) groups excluding carboxylic acids is 1. The summed E-state index contributed by atoms with van der Waals surface area (Å²) in [6.07, 6.45) is 6.83. The topological polar surface area (TPSA) is 60.2 Å². The smallest absolute Gasteiger partial charge is 0.242 e. The summed E-state index contributed by atoms with van der Waals surface area (Å²) in [5.41, 5.74) is 2.03. The number of carbonyl (C=O) groups is 1. The highest BCUT2D eigenvalue weighted by Crippen LogP contribution is 2.22. The molecule has 3 rings (SSSR count). The molecule has 0 aromatic carbocycles. The highest BCUT2D eigenvalue weighted by molar-refractivity contribution is 5.76. The Morgan fingerprint density at radius 3 is 3.14 bits per heavy atom. The second-order valence-electron chi connectivity index (χ2n) is 5.16. The van der Waals surface area contributed by atoms with E-state index in [1.807, 2.05) is 24.0 Å². The molecular weight excluding hydrogens is 268 g/mol. The van der Waals surface area contributed by atoms with Gasteiger partial charge in [0.1, 0.15) is 12.6 Å². The second-order valence-corrected chi connectivity index (χ2v) is 5.16. The standard InChI is InChI=1S/C15H18N4O2/c1-12-8-13(2-3-17-12)14-9-19(6-7-21-14)15(20)10-18-5-4-16-11-18/h2-5,8,11,14H,6-7,9-10H2,1H3/t14-/m0/s1. The third kappa shape index (κ3) is 3.28. The lowest BCUT2D eigenvalue weighted by Crippen LogP contribution is -2.43. The van der Waals surface area contributed by atoms with Crippen LogP contribution in [0.4, 0.5) is 0 Å². The molecule has 0 bridgehead atoms. The van der Waals surface area contributed by atoms with Crippen molar-refractivity contribution in [3.05, 3.63) is 48.3 Å². The predicted octanol–water partition coefficient (Wildman–Crippen LogP) is 1.19. The van der Waals surface area contributed by atoms with Gasteiger partial charge >= 0.3 is 0 Å². The first-order valence-electron chi connectivity index (χ1n) is 7.00. The van der Waals surface area contributed by atoms with Crippen LogP contribution in [0.5, 0.6) is 0 Å². The number of aryl methyl sites for hydroxylation is 1. The van der Waals surface area contributed by atoms with E-state index in [0.717, 1.165) is 11.3 Å². The zero-order valence-electron chi connectivity index (χ0n) is 12.0. The average molecular weight is 286 g/mol. The summed E-state index contributed by atoms with van der Waals surface area (Å²) in [5, 5.41) is 0. The number of ether oxygens (including phenoxy) is 1. The van der Waals surface area contributed by atoms with Crippen molar-refractivity contribution in [3.8, 4) is 0 Å². The largest absolute Gasteiger partial charge is 0.370 e. The number of rotatable bonds is 3. The van der Waals surface area contributed by atoms with Crippen LogP contribution in [0.3, 0.4) is 0 Å². The lowest BCUT2D eigenvalue weighted by atomic mass is 10.1. The minimum Gasteiger partial charge on any atom is -0.370 e. The Hall–Kier alpha value is -2.21. The summed E-state index contributed by atoms with van der Waals surface area (Å²) < 4.78 is 7.57. The molecule has 1 aliphatic rings. The van der Waals surface area contributed by atoms with Gasteiger partial charge in [-0.2, -0.15) is 0 Å². The van der Waals surface area contributed by atoms with Gasteiger partial charge in [0.25, 0.3) is 0 Å². The zero-order chi connectivity index (χ0) is 14.7. The Morgan fingerprint density at radius 2 is 2.38 bits per heavy atom. The summed E-state index contributed by atoms with van der Waals surface area (Å²) in [6.45, 7) is 4.04. The van der Waals surface area contributed by atoms with E-state index in [0.29, 0.717) is 26.2 Å². The first-order chi connectivity index (χ1) is 10.2. The van der Waals surface area contributed by atoms with Crippen molar-refractivity contribution in [2.75, 3.05) is 19.7 Å². The molecule has 0 unspecified atom stereocenters. The van der Waals surface area contributed by atoms with Crippen molar-refractivity contribution in [2.45, 2.75) is 19.6 Å². The first kappa shape index (κ1) is 13.8. The number of morpholine rings is 1. The lowest BCUT2D eigenvalue weighted by molar-refractivity contribution is -0.139. The molecule has 0 spiro atoms. The molecular formula is C15H18N4O2. The van der Waals surface area contributed by atoms with Crippen LogP contribution in [0, 0.1) is 6.92 Å². The van der Waals surface area contributed by atoms with Gasteiger partial charge < -0.3 is 14.2 Å². The van der Waals surface area contributed by atoms with E-state index in [9.17, 15) is 4.79 Å². The van der Waals surface area contributed by atoms with E-state index in [2.05, 4.69) is 9.97 Å². The zero-order valence-corrected chi connectivity index (χ0v) is 12.0. The molecule has 3 heterocycles. The van der Waals surface area contributed by atoms with Gasteiger partial charge in [-0.25, -0.2) is 4.98 Å². The van der Waals surface area contributed by atoms with Crippen LogP contribution in [-0.2, 0) is 16.1 Å². The molecule has 6 heteroatoms. The predicted molar refractivity (Wildman–Crippen MR) is 76.5 cm³/mol. The average Bonchev–Trinajstić information content (AvgIpc) is 3.00. The van der Waals surface area contributed by atoms with Gasteiger partial charge in [-0.1, -0.05) is 0 Å². The molecule has 21 heavy (non-hydrogen) atoms. The minimum atomic E-state index is -0.0767. The summed E-state index contributed by atoms with van der Waals surface area (Å²) in [4.78, 5) is 22.3. The molecule has 0 aliphatic carbocycles. The monoisotopic (exact) mass is 286 g/mol. The summed E-state index contributed by atoms with van der Waals surface area (Å²) in [5.74, 6) is 0.0899. The fourth-order valence-electron chi connectivity index (χ4n) is 2.48. The van der Waals surface area contributed by atoms with E-state index >= 15 is 0 Å². The van der Waals surface area contributed by atoms with E-state index in [-0.39, 0.29) is 12.0 Å². The normalized spacial score (nSPS) is 18.7. The fraction of sp³-hybridized carbons (Fsp3) is 0.400. The van der Waals surface area contributed by atoms with Crippen LogP contribution in [0.2, 0.25) is 0 Å². The maximum Gasteiger partial charge on any atom is 0.242 e. The van der Waals surface area contributed by atoms with E-state index < -0.39 is 0 Å². The second kappa shape index (κ2) is 6.05. The number of nitrogens with zero attached hydrogens (tertiary/aromatic N) is 4. The van der Waals surface area contributed by atoms with E-state index in [1.54, 1.807) is 29.5 Å². The van der Waals surface area contributed by atoms with Gasteiger partial charge in [0, 0.05) is 30.8 Å². The molecule has 1 aliphatic heterocycles. The molecule has 0 radical (unpaired) electrons. The van der Waals surface area contributed by atoms with Crippen molar-refractivity contribution in [2.24, 2.45) is 0 Å². The maximum absolute atomic E-state index is 12.3. The molecule has 2 aromatic heterocycles. The molecule has 1 saturated heterocycles. The lowest BCUT2D eigenvalue weighted by Gasteiger charge is -2.33. The maximum atomic E-state index is 12.3. The highest BCUT2D eigenvalue weighted by atomic mass is 16.5. The number of amides is 1. The van der Waals surface area contributed by atoms with Crippen LogP contribution in [-0.4, -0.2) is 45.0 Å². The number of pyridine rings is 1. The van der Waals surface area contributed by atoms with Crippen LogP contribution >= 0.6 is 0 Å². The van der Waals surface area contributed by atoms with E-state index in [1.165, 1.54) is 0 Å². The number of aromatic nitrogens is 3. The van der Waals surface area contributed by atoms with Crippen molar-refractivity contribution in [3.63, 3.8) is 0 Å². The van der Waals surface area contributed by atoms with Gasteiger partial charge in [0.2, 0.25) is 5.91 Å². The number of hydrogen-bond donors (Lipinski definition) is 0. The third-order valence-electron chi connectivity index (χ3n) is 3.59. The molecule has 0 N–H and O–H groups in total. The first-order valence-corrected chi connectivity index (χ1v) is 7.00. The van der Waals surface area contributed by atoms with Crippen LogP contribution in [0.1, 0.15) is 17.4 Å². The molecule has 1 fully saturated rings. The highest BCUT2D eigenvalue weighted by Gasteiger charge is 2.25. The number of hydrogen-bond acceptors (Lipinski definition) is 4. The Morgan fingerprint density at radius 1 is 1.48 bits per heavy atom. The molecule has 110 valence electrons. The fourth-order valence-corrected chi connectivity index (χ4v) is 2.48. The van der Waals surface area contributed by atoms with Crippen LogP contribution in [0.15, 0.2) is 37.1 Å². The summed E-state index contributed by atoms with van der Waals surface area (Å²) in [7, 11) is 0. The van der Waals surface area contributed by atoms with Crippen molar-refractivity contribution in [1.82, 2.24) is 19.4 Å². The minimum absolute atomic E-state index is 0.0767. The van der Waals surface area contributed by atoms with Crippen LogP contribution in [0.25, 0.3) is 0 Å². The third-order valence-corrected chi connectivity index (χ3v) is 3.59. The summed E-state index contributed by atoms with van der Waals surface area (Å²) in [6, 6.07) is 3.95. The SMILES string of the molecule is Cc1cc([C@@H]2CN(C(=O)Cn3ccnc3)CCO2)ccn1. The van der Waals surface area contributed by atoms with E-state index in [4.69, 9.17) is 4.74 Å². The Bertz CT molecular complexity index is 612. The van der Waals surface area contributed by atoms with Crippen molar-refractivity contribution in [1.29, 1.82) is 0 Å². The summed E-state index contributed by atoms with van der Waals surface area (Å²) >= 11 is 0. The van der Waals surface area contributed by atoms with Gasteiger partial charge in [-0.05, 0) is 24.6 Å². The Balaban J connectivity index is 1.66. The van der Waals surface area contributed by atoms with Crippen molar-refractivity contribution < 1.29 is 9.53 Å². The van der Waals surface area contributed by atoms with Crippen molar-refractivity contribution >= 4 is 5.91 Å². The van der Waals surface area contributed by atoms with Gasteiger partial charge in [0.15, 0.2) is 0 Å². The quantitative estimate of drug-likeness (QED) is 0.850. The molecule has 0 saturated carbocycles. The molecule has 6 nitrogen and oxygen atoms in total. The Labute approximate surface area is 123 Å². The van der Waals surface area contributed by atoms with Gasteiger partial charge in [-0.15, -0.1) is 0 Å². The van der Waals surface area contributed by atoms with Gasteiger partial charge in [0.05, 0.1) is 19.5 Å².